The fourth-order valence-corrected chi connectivity index (χ4v) is 3.13. The van der Waals surface area contributed by atoms with Gasteiger partial charge >= 0.3 is 0 Å². The molecule has 0 saturated carbocycles. The van der Waals surface area contributed by atoms with Gasteiger partial charge in [-0.15, -0.1) is 10.2 Å². The SMILES string of the molecule is NCCc1nnc(N2CCc3ccccc3C2)s1. The van der Waals surface area contributed by atoms with Gasteiger partial charge in [0, 0.05) is 19.5 Å². The van der Waals surface area contributed by atoms with Crippen LogP contribution in [-0.2, 0) is 19.4 Å². The van der Waals surface area contributed by atoms with Gasteiger partial charge in [0.1, 0.15) is 5.01 Å². The van der Waals surface area contributed by atoms with E-state index in [2.05, 4.69) is 39.4 Å². The zero-order chi connectivity index (χ0) is 12.4. The summed E-state index contributed by atoms with van der Waals surface area (Å²) >= 11 is 1.66. The standard InChI is InChI=1S/C13H16N4S/c14-7-5-12-15-16-13(18-12)17-8-6-10-3-1-2-4-11(10)9-17/h1-4H,5-9,14H2. The fourth-order valence-electron chi connectivity index (χ4n) is 2.26. The molecule has 0 radical (unpaired) electrons. The average molecular weight is 260 g/mol. The first kappa shape index (κ1) is 11.6. The van der Waals surface area contributed by atoms with Crippen LogP contribution in [0.1, 0.15) is 16.1 Å². The molecule has 1 aliphatic heterocycles. The molecule has 94 valence electrons. The third kappa shape index (κ3) is 2.23. The summed E-state index contributed by atoms with van der Waals surface area (Å²) in [5, 5.41) is 10.5. The second kappa shape index (κ2) is 5.04. The molecule has 4 nitrogen and oxygen atoms in total. The van der Waals surface area contributed by atoms with Gasteiger partial charge in [0.2, 0.25) is 5.13 Å². The number of fused-ring (bicyclic) bond motifs is 1. The second-order valence-corrected chi connectivity index (χ2v) is 5.50. The molecule has 5 heteroatoms. The Labute approximate surface area is 110 Å². The molecule has 2 aromatic rings. The van der Waals surface area contributed by atoms with E-state index in [9.17, 15) is 0 Å². The smallest absolute Gasteiger partial charge is 0.208 e. The quantitative estimate of drug-likeness (QED) is 0.911. The van der Waals surface area contributed by atoms with Gasteiger partial charge in [-0.3, -0.25) is 0 Å². The highest BCUT2D eigenvalue weighted by Gasteiger charge is 2.18. The van der Waals surface area contributed by atoms with Gasteiger partial charge in [0.15, 0.2) is 0 Å². The number of nitrogens with zero attached hydrogens (tertiary/aromatic N) is 3. The number of rotatable bonds is 3. The Morgan fingerprint density at radius 3 is 2.89 bits per heavy atom. The van der Waals surface area contributed by atoms with Gasteiger partial charge in [-0.1, -0.05) is 35.6 Å². The van der Waals surface area contributed by atoms with Crippen molar-refractivity contribution in [3.63, 3.8) is 0 Å². The van der Waals surface area contributed by atoms with Crippen molar-refractivity contribution in [2.75, 3.05) is 18.0 Å². The number of hydrogen-bond donors (Lipinski definition) is 1. The zero-order valence-corrected chi connectivity index (χ0v) is 11.0. The molecule has 18 heavy (non-hydrogen) atoms. The topological polar surface area (TPSA) is 55.0 Å². The Balaban J connectivity index is 1.78. The van der Waals surface area contributed by atoms with Crippen LogP contribution in [0.15, 0.2) is 24.3 Å². The molecule has 2 heterocycles. The number of anilines is 1. The minimum atomic E-state index is 0.636. The molecule has 3 rings (SSSR count). The fraction of sp³-hybridized carbons (Fsp3) is 0.385. The molecule has 0 spiro atoms. The number of aromatic nitrogens is 2. The van der Waals surface area contributed by atoms with Crippen molar-refractivity contribution in [3.8, 4) is 0 Å². The van der Waals surface area contributed by atoms with E-state index in [0.29, 0.717) is 6.54 Å². The first-order valence-electron chi connectivity index (χ1n) is 6.21. The molecule has 0 bridgehead atoms. The summed E-state index contributed by atoms with van der Waals surface area (Å²) in [4.78, 5) is 2.31. The summed E-state index contributed by atoms with van der Waals surface area (Å²) in [7, 11) is 0. The second-order valence-electron chi connectivity index (χ2n) is 4.46. The highest BCUT2D eigenvalue weighted by atomic mass is 32.1. The van der Waals surface area contributed by atoms with Gasteiger partial charge in [-0.25, -0.2) is 0 Å². The third-order valence-corrected chi connectivity index (χ3v) is 4.26. The summed E-state index contributed by atoms with van der Waals surface area (Å²) < 4.78 is 0. The molecule has 1 aromatic carbocycles. The van der Waals surface area contributed by atoms with E-state index < -0.39 is 0 Å². The monoisotopic (exact) mass is 260 g/mol. The van der Waals surface area contributed by atoms with E-state index in [1.165, 1.54) is 11.1 Å². The highest BCUT2D eigenvalue weighted by Crippen LogP contribution is 2.26. The molecular formula is C13H16N4S. The summed E-state index contributed by atoms with van der Waals surface area (Å²) in [5.74, 6) is 0. The van der Waals surface area contributed by atoms with Crippen molar-refractivity contribution in [3.05, 3.63) is 40.4 Å². The van der Waals surface area contributed by atoms with Crippen LogP contribution >= 0.6 is 11.3 Å². The van der Waals surface area contributed by atoms with Crippen LogP contribution in [0, 0.1) is 0 Å². The van der Waals surface area contributed by atoms with Crippen LogP contribution in [0.4, 0.5) is 5.13 Å². The molecule has 0 atom stereocenters. The number of nitrogens with two attached hydrogens (primary N) is 1. The molecule has 0 saturated heterocycles. The van der Waals surface area contributed by atoms with Gasteiger partial charge in [0.25, 0.3) is 0 Å². The van der Waals surface area contributed by atoms with Crippen molar-refractivity contribution in [1.82, 2.24) is 10.2 Å². The Morgan fingerprint density at radius 2 is 2.06 bits per heavy atom. The summed E-state index contributed by atoms with van der Waals surface area (Å²) in [6.07, 6.45) is 1.91. The maximum absolute atomic E-state index is 5.54. The Bertz CT molecular complexity index is 537. The Hall–Kier alpha value is -1.46. The predicted octanol–water partition coefficient (Wildman–Crippen LogP) is 1.60. The van der Waals surface area contributed by atoms with Crippen molar-refractivity contribution in [2.45, 2.75) is 19.4 Å². The number of hydrogen-bond acceptors (Lipinski definition) is 5. The van der Waals surface area contributed by atoms with Crippen molar-refractivity contribution >= 4 is 16.5 Å². The molecule has 0 amide bonds. The van der Waals surface area contributed by atoms with Crippen LogP contribution in [-0.4, -0.2) is 23.3 Å². The Morgan fingerprint density at radius 1 is 1.22 bits per heavy atom. The van der Waals surface area contributed by atoms with E-state index in [-0.39, 0.29) is 0 Å². The lowest BCUT2D eigenvalue weighted by Crippen LogP contribution is -2.30. The lowest BCUT2D eigenvalue weighted by atomic mass is 10.0. The summed E-state index contributed by atoms with van der Waals surface area (Å²) in [6, 6.07) is 8.62. The van der Waals surface area contributed by atoms with Crippen LogP contribution in [0.3, 0.4) is 0 Å². The molecule has 0 unspecified atom stereocenters. The van der Waals surface area contributed by atoms with E-state index in [0.717, 1.165) is 36.1 Å². The van der Waals surface area contributed by atoms with Gasteiger partial charge in [-0.05, 0) is 24.1 Å². The maximum atomic E-state index is 5.54. The largest absolute Gasteiger partial charge is 0.342 e. The molecule has 1 aliphatic rings. The first-order chi connectivity index (χ1) is 8.86. The van der Waals surface area contributed by atoms with Crippen molar-refractivity contribution in [2.24, 2.45) is 5.73 Å². The maximum Gasteiger partial charge on any atom is 0.208 e. The van der Waals surface area contributed by atoms with E-state index >= 15 is 0 Å². The normalized spacial score (nSPS) is 14.6. The van der Waals surface area contributed by atoms with E-state index in [4.69, 9.17) is 5.73 Å². The van der Waals surface area contributed by atoms with Crippen LogP contribution in [0.5, 0.6) is 0 Å². The minimum Gasteiger partial charge on any atom is -0.342 e. The summed E-state index contributed by atoms with van der Waals surface area (Å²) in [6.45, 7) is 2.60. The van der Waals surface area contributed by atoms with Crippen LogP contribution < -0.4 is 10.6 Å². The van der Waals surface area contributed by atoms with Crippen LogP contribution in [0.25, 0.3) is 0 Å². The third-order valence-electron chi connectivity index (χ3n) is 3.22. The lowest BCUT2D eigenvalue weighted by Gasteiger charge is -2.27. The molecule has 2 N–H and O–H groups in total. The number of benzene rings is 1. The average Bonchev–Trinajstić information content (AvgIpc) is 2.87. The van der Waals surface area contributed by atoms with Gasteiger partial charge < -0.3 is 10.6 Å². The first-order valence-corrected chi connectivity index (χ1v) is 7.02. The van der Waals surface area contributed by atoms with E-state index in [1.807, 2.05) is 0 Å². The predicted molar refractivity (Wildman–Crippen MR) is 73.9 cm³/mol. The molecule has 0 fully saturated rings. The minimum absolute atomic E-state index is 0.636. The van der Waals surface area contributed by atoms with Crippen molar-refractivity contribution < 1.29 is 0 Å². The highest BCUT2D eigenvalue weighted by molar-refractivity contribution is 7.15. The summed E-state index contributed by atoms with van der Waals surface area (Å²) in [5.41, 5.74) is 8.40. The molecule has 1 aromatic heterocycles. The molecule has 0 aliphatic carbocycles. The van der Waals surface area contributed by atoms with Gasteiger partial charge in [-0.2, -0.15) is 0 Å². The van der Waals surface area contributed by atoms with Crippen molar-refractivity contribution in [1.29, 1.82) is 0 Å². The molecular weight excluding hydrogens is 244 g/mol. The van der Waals surface area contributed by atoms with Crippen LogP contribution in [0.2, 0.25) is 0 Å². The lowest BCUT2D eigenvalue weighted by molar-refractivity contribution is 0.723. The van der Waals surface area contributed by atoms with Gasteiger partial charge in [0.05, 0.1) is 0 Å². The zero-order valence-electron chi connectivity index (χ0n) is 10.2. The van der Waals surface area contributed by atoms with E-state index in [1.54, 1.807) is 11.3 Å². The Kier molecular flexibility index (Phi) is 3.25.